The molecule has 1 amide bonds. The van der Waals surface area contributed by atoms with E-state index in [0.29, 0.717) is 11.1 Å². The van der Waals surface area contributed by atoms with Crippen LogP contribution < -0.4 is 10.6 Å². The van der Waals surface area contributed by atoms with Gasteiger partial charge in [-0.3, -0.25) is 4.99 Å². The van der Waals surface area contributed by atoms with E-state index in [2.05, 4.69) is 22.5 Å². The van der Waals surface area contributed by atoms with Gasteiger partial charge in [0, 0.05) is 38.9 Å². The van der Waals surface area contributed by atoms with Gasteiger partial charge >= 0.3 is 6.09 Å². The van der Waals surface area contributed by atoms with Crippen molar-refractivity contribution in [3.05, 3.63) is 29.0 Å². The van der Waals surface area contributed by atoms with Crippen LogP contribution in [0, 0.1) is 5.92 Å². The Hall–Kier alpha value is -2.02. The van der Waals surface area contributed by atoms with E-state index >= 15 is 0 Å². The Morgan fingerprint density at radius 3 is 2.83 bits per heavy atom. The van der Waals surface area contributed by atoms with Gasteiger partial charge in [-0.2, -0.15) is 0 Å². The van der Waals surface area contributed by atoms with Crippen molar-refractivity contribution in [2.24, 2.45) is 10.9 Å². The number of carbonyl (C=O) groups excluding carboxylic acids is 1. The van der Waals surface area contributed by atoms with E-state index in [1.165, 1.54) is 0 Å². The standard InChI is InChI=1S/C22H36ClN5O2/c1-5-24-20(25-12-10-17-8-9-19(23)27-15-17)26-13-11-18-7-6-14-28(16-18)21(29)30-22(2,3)4/h8-9,15,18H,5-7,10-14,16H2,1-4H3,(H2,24,25,26). The maximum Gasteiger partial charge on any atom is 0.410 e. The fourth-order valence-corrected chi connectivity index (χ4v) is 3.49. The molecule has 1 atom stereocenters. The van der Waals surface area contributed by atoms with Crippen LogP contribution in [0.1, 0.15) is 52.5 Å². The molecule has 0 radical (unpaired) electrons. The third-order valence-electron chi connectivity index (χ3n) is 4.82. The molecule has 2 heterocycles. The number of ether oxygens (including phenoxy) is 1. The number of rotatable bonds is 7. The number of likely N-dealkylation sites (tertiary alicyclic amines) is 1. The molecule has 0 saturated carbocycles. The van der Waals surface area contributed by atoms with E-state index in [4.69, 9.17) is 21.3 Å². The second kappa shape index (κ2) is 12.0. The number of amides is 1. The number of hydrogen-bond donors (Lipinski definition) is 2. The molecule has 1 aliphatic heterocycles. The predicted molar refractivity (Wildman–Crippen MR) is 122 cm³/mol. The molecule has 1 aliphatic rings. The molecule has 30 heavy (non-hydrogen) atoms. The van der Waals surface area contributed by atoms with Crippen molar-refractivity contribution in [2.45, 2.75) is 59.0 Å². The normalized spacial score (nSPS) is 17.6. The maximum atomic E-state index is 12.3. The third kappa shape index (κ3) is 9.20. The highest BCUT2D eigenvalue weighted by atomic mass is 35.5. The summed E-state index contributed by atoms with van der Waals surface area (Å²) in [5.41, 5.74) is 0.676. The van der Waals surface area contributed by atoms with Gasteiger partial charge in [0.2, 0.25) is 0 Å². The molecule has 168 valence electrons. The number of hydrogen-bond acceptors (Lipinski definition) is 4. The van der Waals surface area contributed by atoms with Gasteiger partial charge in [0.25, 0.3) is 0 Å². The molecule has 1 aromatic rings. The molecule has 0 spiro atoms. The van der Waals surface area contributed by atoms with Crippen LogP contribution in [-0.4, -0.2) is 60.3 Å². The van der Waals surface area contributed by atoms with Gasteiger partial charge in [-0.1, -0.05) is 17.7 Å². The lowest BCUT2D eigenvalue weighted by atomic mass is 9.95. The molecule has 1 aromatic heterocycles. The molecule has 0 aromatic carbocycles. The fourth-order valence-electron chi connectivity index (χ4n) is 3.37. The zero-order valence-corrected chi connectivity index (χ0v) is 19.5. The Bertz CT molecular complexity index is 688. The van der Waals surface area contributed by atoms with Crippen LogP contribution >= 0.6 is 11.6 Å². The van der Waals surface area contributed by atoms with Crippen molar-refractivity contribution >= 4 is 23.7 Å². The Labute approximate surface area is 185 Å². The summed E-state index contributed by atoms with van der Waals surface area (Å²) in [5.74, 6) is 1.28. The molecule has 1 unspecified atom stereocenters. The number of piperidine rings is 1. The smallest absolute Gasteiger partial charge is 0.410 e. The number of aromatic nitrogens is 1. The molecule has 0 aliphatic carbocycles. The Kier molecular flexibility index (Phi) is 9.69. The topological polar surface area (TPSA) is 78.9 Å². The predicted octanol–water partition coefficient (Wildman–Crippen LogP) is 3.87. The Balaban J connectivity index is 1.77. The molecule has 1 saturated heterocycles. The van der Waals surface area contributed by atoms with Gasteiger partial charge in [-0.25, -0.2) is 9.78 Å². The van der Waals surface area contributed by atoms with Crippen LogP contribution in [-0.2, 0) is 11.2 Å². The molecule has 7 nitrogen and oxygen atoms in total. The first-order valence-electron chi connectivity index (χ1n) is 10.9. The monoisotopic (exact) mass is 437 g/mol. The summed E-state index contributed by atoms with van der Waals surface area (Å²) in [5, 5.41) is 7.16. The summed E-state index contributed by atoms with van der Waals surface area (Å²) >= 11 is 5.83. The number of pyridine rings is 1. The molecular weight excluding hydrogens is 402 g/mol. The summed E-state index contributed by atoms with van der Waals surface area (Å²) in [4.78, 5) is 23.0. The highest BCUT2D eigenvalue weighted by Gasteiger charge is 2.27. The maximum absolute atomic E-state index is 12.3. The average Bonchev–Trinajstić information content (AvgIpc) is 2.68. The van der Waals surface area contributed by atoms with Gasteiger partial charge in [0.1, 0.15) is 10.8 Å². The summed E-state index contributed by atoms with van der Waals surface area (Å²) < 4.78 is 5.52. The van der Waals surface area contributed by atoms with Crippen LogP contribution in [0.2, 0.25) is 5.15 Å². The molecule has 1 fully saturated rings. The Morgan fingerprint density at radius 2 is 2.17 bits per heavy atom. The number of nitrogens with one attached hydrogen (secondary N) is 2. The SMILES string of the molecule is CCNC(=NCCC1CCCN(C(=O)OC(C)(C)C)C1)NCCc1ccc(Cl)nc1. The van der Waals surface area contributed by atoms with Crippen molar-refractivity contribution in [3.8, 4) is 0 Å². The zero-order chi connectivity index (χ0) is 22.0. The highest BCUT2D eigenvalue weighted by molar-refractivity contribution is 6.29. The second-order valence-corrected chi connectivity index (χ2v) is 9.04. The van der Waals surface area contributed by atoms with Gasteiger partial charge in [0.15, 0.2) is 5.96 Å². The largest absolute Gasteiger partial charge is 0.444 e. The minimum atomic E-state index is -0.456. The van der Waals surface area contributed by atoms with Crippen LogP contribution in [0.3, 0.4) is 0 Å². The molecular formula is C22H36ClN5O2. The van der Waals surface area contributed by atoms with E-state index in [1.54, 1.807) is 12.3 Å². The third-order valence-corrected chi connectivity index (χ3v) is 5.04. The lowest BCUT2D eigenvalue weighted by Crippen LogP contribution is -2.43. The summed E-state index contributed by atoms with van der Waals surface area (Å²) in [6, 6.07) is 3.79. The lowest BCUT2D eigenvalue weighted by molar-refractivity contribution is 0.0163. The number of halogens is 1. The first-order chi connectivity index (χ1) is 14.3. The van der Waals surface area contributed by atoms with Gasteiger partial charge in [-0.15, -0.1) is 0 Å². The van der Waals surface area contributed by atoms with Crippen molar-refractivity contribution < 1.29 is 9.53 Å². The average molecular weight is 438 g/mol. The summed E-state index contributed by atoms with van der Waals surface area (Å²) in [7, 11) is 0. The van der Waals surface area contributed by atoms with Crippen molar-refractivity contribution in [2.75, 3.05) is 32.7 Å². The number of aliphatic imine (C=N–C) groups is 1. The second-order valence-electron chi connectivity index (χ2n) is 8.65. The van der Waals surface area contributed by atoms with Crippen molar-refractivity contribution in [1.29, 1.82) is 0 Å². The van der Waals surface area contributed by atoms with Crippen LogP contribution in [0.5, 0.6) is 0 Å². The first-order valence-corrected chi connectivity index (χ1v) is 11.2. The van der Waals surface area contributed by atoms with Crippen LogP contribution in [0.25, 0.3) is 0 Å². The minimum Gasteiger partial charge on any atom is -0.444 e. The highest BCUT2D eigenvalue weighted by Crippen LogP contribution is 2.21. The Morgan fingerprint density at radius 1 is 1.37 bits per heavy atom. The summed E-state index contributed by atoms with van der Waals surface area (Å²) in [6.45, 7) is 11.6. The number of nitrogens with zero attached hydrogens (tertiary/aromatic N) is 3. The van der Waals surface area contributed by atoms with Crippen LogP contribution in [0.4, 0.5) is 4.79 Å². The molecule has 2 rings (SSSR count). The van der Waals surface area contributed by atoms with E-state index in [-0.39, 0.29) is 6.09 Å². The quantitative estimate of drug-likeness (QED) is 0.384. The van der Waals surface area contributed by atoms with Crippen LogP contribution in [0.15, 0.2) is 23.3 Å². The zero-order valence-electron chi connectivity index (χ0n) is 18.7. The van der Waals surface area contributed by atoms with Gasteiger partial charge in [0.05, 0.1) is 0 Å². The fraction of sp³-hybridized carbons (Fsp3) is 0.682. The minimum absolute atomic E-state index is 0.206. The number of guanidine groups is 1. The van der Waals surface area contributed by atoms with E-state index in [0.717, 1.165) is 69.9 Å². The van der Waals surface area contributed by atoms with Crippen molar-refractivity contribution in [3.63, 3.8) is 0 Å². The number of carbonyl (C=O) groups is 1. The van der Waals surface area contributed by atoms with E-state index in [1.807, 2.05) is 31.7 Å². The lowest BCUT2D eigenvalue weighted by Gasteiger charge is -2.34. The van der Waals surface area contributed by atoms with Gasteiger partial charge < -0.3 is 20.3 Å². The molecule has 0 bridgehead atoms. The molecule has 2 N–H and O–H groups in total. The summed E-state index contributed by atoms with van der Waals surface area (Å²) in [6.07, 6.45) is 5.54. The van der Waals surface area contributed by atoms with Crippen molar-refractivity contribution in [1.82, 2.24) is 20.5 Å². The van der Waals surface area contributed by atoms with E-state index < -0.39 is 5.60 Å². The van der Waals surface area contributed by atoms with E-state index in [9.17, 15) is 4.79 Å². The first kappa shape index (κ1) is 24.3. The molecule has 8 heteroatoms. The van der Waals surface area contributed by atoms with Gasteiger partial charge in [-0.05, 0) is 70.9 Å².